The third-order valence-electron chi connectivity index (χ3n) is 9.62. The van der Waals surface area contributed by atoms with E-state index in [-0.39, 0.29) is 24.0 Å². The Kier molecular flexibility index (Phi) is 7.40. The minimum atomic E-state index is -0.0621. The molecule has 5 aliphatic carbocycles. The molecule has 5 fully saturated rings. The maximum atomic E-state index is 12.9. The fourth-order valence-corrected chi connectivity index (χ4v) is 7.94. The summed E-state index contributed by atoms with van der Waals surface area (Å²) >= 11 is 0. The number of hydrogen-bond acceptors (Lipinski definition) is 5. The highest BCUT2D eigenvalue weighted by Crippen LogP contribution is 2.64. The average Bonchev–Trinajstić information content (AvgIpc) is 3.57. The fraction of sp³-hybridized carbons (Fsp3) is 0.815. The van der Waals surface area contributed by atoms with Gasteiger partial charge in [-0.2, -0.15) is 5.10 Å². The van der Waals surface area contributed by atoms with Gasteiger partial charge in [-0.15, -0.1) is 12.3 Å². The number of terminal acetylenes is 1. The van der Waals surface area contributed by atoms with E-state index in [4.69, 9.17) is 11.8 Å². The minimum absolute atomic E-state index is 0.0621. The first-order valence-electron chi connectivity index (χ1n) is 12.9. The zero-order valence-corrected chi connectivity index (χ0v) is 19.6. The van der Waals surface area contributed by atoms with Crippen molar-refractivity contribution in [3.8, 4) is 12.3 Å². The molecule has 0 bridgehead atoms. The minimum Gasteiger partial charge on any atom is -0.393 e. The van der Waals surface area contributed by atoms with Gasteiger partial charge in [0.15, 0.2) is 5.78 Å². The van der Waals surface area contributed by atoms with Gasteiger partial charge in [-0.25, -0.2) is 0 Å². The van der Waals surface area contributed by atoms with Crippen molar-refractivity contribution < 1.29 is 9.90 Å². The van der Waals surface area contributed by atoms with Crippen molar-refractivity contribution >= 4 is 18.2 Å². The molecule has 176 valence electrons. The van der Waals surface area contributed by atoms with E-state index >= 15 is 0 Å². The Morgan fingerprint density at radius 1 is 1.12 bits per heavy atom. The summed E-state index contributed by atoms with van der Waals surface area (Å²) in [6, 6.07) is 0. The molecule has 5 nitrogen and oxygen atoms in total. The summed E-state index contributed by atoms with van der Waals surface area (Å²) in [4.78, 5) is 12.9. The second kappa shape index (κ2) is 10.1. The van der Waals surface area contributed by atoms with E-state index < -0.39 is 0 Å². The van der Waals surface area contributed by atoms with Gasteiger partial charge in [-0.1, -0.05) is 6.92 Å². The predicted molar refractivity (Wildman–Crippen MR) is 128 cm³/mol. The maximum absolute atomic E-state index is 12.9. The first-order valence-corrected chi connectivity index (χ1v) is 12.9. The SMILES string of the molecule is C#CC1CC1.CC12CCC3C4CCC(O)CC4CCC3C1CCC2C(=O)CN/N=C\C=N. The first-order chi connectivity index (χ1) is 15.5. The van der Waals surface area contributed by atoms with Crippen molar-refractivity contribution in [3.05, 3.63) is 0 Å². The molecule has 0 aliphatic heterocycles. The highest BCUT2D eigenvalue weighted by atomic mass is 16.3. The number of rotatable bonds is 5. The Bertz CT molecular complexity index is 754. The Morgan fingerprint density at radius 3 is 2.59 bits per heavy atom. The van der Waals surface area contributed by atoms with Crippen molar-refractivity contribution in [2.75, 3.05) is 6.54 Å². The van der Waals surface area contributed by atoms with Crippen LogP contribution in [0.3, 0.4) is 0 Å². The largest absolute Gasteiger partial charge is 0.393 e. The van der Waals surface area contributed by atoms with Gasteiger partial charge in [0.05, 0.1) is 18.9 Å². The number of ketones is 1. The van der Waals surface area contributed by atoms with Gasteiger partial charge in [-0.3, -0.25) is 4.79 Å². The number of carbonyl (C=O) groups is 1. The van der Waals surface area contributed by atoms with E-state index in [0.717, 1.165) is 49.1 Å². The van der Waals surface area contributed by atoms with Crippen LogP contribution >= 0.6 is 0 Å². The summed E-state index contributed by atoms with van der Waals surface area (Å²) < 4.78 is 0. The number of carbonyl (C=O) groups excluding carboxylic acids is 1. The summed E-state index contributed by atoms with van der Waals surface area (Å²) in [6.07, 6.45) is 20.5. The second-order valence-corrected chi connectivity index (χ2v) is 11.3. The van der Waals surface area contributed by atoms with Crippen LogP contribution in [0.5, 0.6) is 0 Å². The van der Waals surface area contributed by atoms with Gasteiger partial charge in [0.2, 0.25) is 0 Å². The third kappa shape index (κ3) is 4.81. The molecule has 0 saturated heterocycles. The Hall–Kier alpha value is -1.67. The molecule has 0 radical (unpaired) electrons. The number of nitrogens with one attached hydrogen (secondary N) is 2. The van der Waals surface area contributed by atoms with Gasteiger partial charge in [0, 0.05) is 18.1 Å². The maximum Gasteiger partial charge on any atom is 0.157 e. The summed E-state index contributed by atoms with van der Waals surface area (Å²) in [5, 5.41) is 20.9. The topological polar surface area (TPSA) is 85.5 Å². The average molecular weight is 440 g/mol. The Balaban J connectivity index is 0.000000433. The molecule has 3 N–H and O–H groups in total. The van der Waals surface area contributed by atoms with Crippen molar-refractivity contribution in [3.63, 3.8) is 0 Å². The molecule has 0 heterocycles. The number of hydrogen-bond donors (Lipinski definition) is 3. The quantitative estimate of drug-likeness (QED) is 0.336. The molecule has 0 aromatic rings. The molecule has 0 spiro atoms. The number of Topliss-reactive ketones (excluding diaryl/α,β-unsaturated/α-hetero) is 1. The van der Waals surface area contributed by atoms with Gasteiger partial charge in [-0.05, 0) is 106 Å². The van der Waals surface area contributed by atoms with E-state index in [1.54, 1.807) is 0 Å². The predicted octanol–water partition coefficient (Wildman–Crippen LogP) is 4.44. The highest BCUT2D eigenvalue weighted by molar-refractivity contribution is 6.14. The van der Waals surface area contributed by atoms with Crippen LogP contribution < -0.4 is 5.43 Å². The third-order valence-corrected chi connectivity index (χ3v) is 9.62. The van der Waals surface area contributed by atoms with Crippen LogP contribution in [-0.2, 0) is 4.79 Å². The lowest BCUT2D eigenvalue weighted by atomic mass is 9.49. The number of fused-ring (bicyclic) bond motifs is 5. The molecule has 5 aliphatic rings. The van der Waals surface area contributed by atoms with E-state index in [0.29, 0.717) is 17.6 Å². The molecule has 0 aromatic heterocycles. The standard InChI is InChI=1S/C22H35N3O2.C5H6/c1-22-9-8-17-16-5-3-15(26)12-14(16)2-4-18(17)19(22)6-7-20(22)21(27)13-25-24-11-10-23;1-2-5-3-4-5/h10-11,14-20,23,25-26H,2-9,12-13H2,1H3;1,5H,3-4H2/b23-10?,24-11-;. The molecule has 0 aromatic carbocycles. The molecule has 5 rings (SSSR count). The van der Waals surface area contributed by atoms with Crippen LogP contribution in [0.2, 0.25) is 0 Å². The molecule has 0 amide bonds. The smallest absolute Gasteiger partial charge is 0.157 e. The van der Waals surface area contributed by atoms with E-state index in [1.807, 2.05) is 0 Å². The number of aliphatic hydroxyl groups excluding tert-OH is 1. The molecule has 32 heavy (non-hydrogen) atoms. The lowest BCUT2D eigenvalue weighted by Gasteiger charge is -2.56. The normalized spacial score (nSPS) is 42.5. The van der Waals surface area contributed by atoms with Gasteiger partial charge < -0.3 is 15.9 Å². The van der Waals surface area contributed by atoms with E-state index in [1.165, 1.54) is 57.6 Å². The molecular formula is C27H41N3O2. The highest BCUT2D eigenvalue weighted by Gasteiger charge is 2.58. The van der Waals surface area contributed by atoms with Crippen LogP contribution in [-0.4, -0.2) is 36.0 Å². The molecule has 8 atom stereocenters. The van der Waals surface area contributed by atoms with Crippen LogP contribution in [0.15, 0.2) is 5.10 Å². The molecule has 8 unspecified atom stereocenters. The summed E-state index contributed by atoms with van der Waals surface area (Å²) in [5.74, 6) is 7.66. The summed E-state index contributed by atoms with van der Waals surface area (Å²) in [7, 11) is 0. The monoisotopic (exact) mass is 439 g/mol. The van der Waals surface area contributed by atoms with Crippen molar-refractivity contribution in [2.45, 2.75) is 83.7 Å². The zero-order chi connectivity index (χ0) is 22.7. The van der Waals surface area contributed by atoms with Crippen molar-refractivity contribution in [1.29, 1.82) is 5.41 Å². The van der Waals surface area contributed by atoms with E-state index in [2.05, 4.69) is 23.4 Å². The van der Waals surface area contributed by atoms with Gasteiger partial charge in [0.1, 0.15) is 0 Å². The molecule has 5 saturated carbocycles. The summed E-state index contributed by atoms with van der Waals surface area (Å²) in [6.45, 7) is 2.68. The van der Waals surface area contributed by atoms with Gasteiger partial charge in [0.25, 0.3) is 0 Å². The Labute approximate surface area is 193 Å². The Morgan fingerprint density at radius 2 is 1.91 bits per heavy atom. The lowest BCUT2D eigenvalue weighted by molar-refractivity contribution is -0.130. The first kappa shape index (κ1) is 23.5. The van der Waals surface area contributed by atoms with E-state index in [9.17, 15) is 9.90 Å². The summed E-state index contributed by atoms with van der Waals surface area (Å²) in [5.41, 5.74) is 2.98. The number of aliphatic hydroxyl groups is 1. The number of nitrogens with zero attached hydrogens (tertiary/aromatic N) is 1. The molecule has 5 heteroatoms. The lowest BCUT2D eigenvalue weighted by Crippen LogP contribution is -2.50. The van der Waals surface area contributed by atoms with Crippen molar-refractivity contribution in [1.82, 2.24) is 5.43 Å². The fourth-order valence-electron chi connectivity index (χ4n) is 7.94. The van der Waals surface area contributed by atoms with Gasteiger partial charge >= 0.3 is 0 Å². The zero-order valence-electron chi connectivity index (χ0n) is 19.6. The van der Waals surface area contributed by atoms with Crippen LogP contribution in [0.4, 0.5) is 0 Å². The van der Waals surface area contributed by atoms with Crippen molar-refractivity contribution in [2.24, 2.45) is 51.9 Å². The molecular weight excluding hydrogens is 398 g/mol. The van der Waals surface area contributed by atoms with Crippen LogP contribution in [0.25, 0.3) is 0 Å². The van der Waals surface area contributed by atoms with Crippen LogP contribution in [0, 0.1) is 64.6 Å². The number of hydrazone groups is 1. The second-order valence-electron chi connectivity index (χ2n) is 11.3. The van der Waals surface area contributed by atoms with Crippen LogP contribution in [0.1, 0.15) is 77.6 Å².